The van der Waals surface area contributed by atoms with Crippen molar-refractivity contribution in [3.05, 3.63) is 47.4 Å². The molecule has 0 N–H and O–H groups in total. The van der Waals surface area contributed by atoms with E-state index in [4.69, 9.17) is 0 Å². The van der Waals surface area contributed by atoms with Crippen LogP contribution in [0.25, 0.3) is 10.2 Å². The Bertz CT molecular complexity index is 720. The highest BCUT2D eigenvalue weighted by Crippen LogP contribution is 2.30. The fourth-order valence-corrected chi connectivity index (χ4v) is 2.63. The van der Waals surface area contributed by atoms with Crippen molar-refractivity contribution in [2.24, 2.45) is 10.2 Å². The maximum atomic E-state index is 4.26. The monoisotopic (exact) mass is 269 g/mol. The number of hydrogen-bond acceptors (Lipinski definition) is 6. The lowest BCUT2D eigenvalue weighted by Crippen LogP contribution is -1.82. The fourth-order valence-electron chi connectivity index (χ4n) is 1.70. The van der Waals surface area contributed by atoms with Crippen molar-refractivity contribution in [2.75, 3.05) is 0 Å². The molecule has 0 bridgehead atoms. The van der Waals surface area contributed by atoms with Crippen LogP contribution in [0.4, 0.5) is 5.82 Å². The summed E-state index contributed by atoms with van der Waals surface area (Å²) in [6, 6.07) is 3.84. The molecule has 94 valence electrons. The molecule has 0 atom stereocenters. The van der Waals surface area contributed by atoms with Crippen molar-refractivity contribution in [2.45, 2.75) is 13.5 Å². The molecule has 5 nitrogen and oxygen atoms in total. The summed E-state index contributed by atoms with van der Waals surface area (Å²) < 4.78 is 0.985. The zero-order chi connectivity index (χ0) is 13.1. The van der Waals surface area contributed by atoms with Gasteiger partial charge in [-0.1, -0.05) is 0 Å². The topological polar surface area (TPSA) is 63.4 Å². The number of aromatic nitrogens is 3. The molecule has 0 unspecified atom stereocenters. The summed E-state index contributed by atoms with van der Waals surface area (Å²) in [6.07, 6.45) is 5.02. The highest BCUT2D eigenvalue weighted by Gasteiger charge is 2.06. The van der Waals surface area contributed by atoms with Gasteiger partial charge in [-0.15, -0.1) is 16.5 Å². The number of hydrogen-bond donors (Lipinski definition) is 0. The van der Waals surface area contributed by atoms with Crippen LogP contribution in [0.1, 0.15) is 11.1 Å². The first-order valence-electron chi connectivity index (χ1n) is 5.80. The molecule has 0 saturated carbocycles. The van der Waals surface area contributed by atoms with Crippen LogP contribution in [-0.4, -0.2) is 15.0 Å². The van der Waals surface area contributed by atoms with Crippen molar-refractivity contribution >= 4 is 27.4 Å². The Hall–Kier alpha value is -2.21. The minimum atomic E-state index is 0.526. The zero-order valence-electron chi connectivity index (χ0n) is 10.3. The maximum Gasteiger partial charge on any atom is 0.195 e. The van der Waals surface area contributed by atoms with Gasteiger partial charge in [0.25, 0.3) is 0 Å². The Kier molecular flexibility index (Phi) is 3.24. The van der Waals surface area contributed by atoms with Gasteiger partial charge in [-0.2, -0.15) is 5.11 Å². The molecular weight excluding hydrogens is 258 g/mol. The smallest absolute Gasteiger partial charge is 0.195 e. The standard InChI is InChI=1S/C13H11N5S/c1-9-7-19-12-11(9)15-8-16-13(12)18-17-6-10-2-4-14-5-3-10/h2-5,7-8H,6H2,1H3. The van der Waals surface area contributed by atoms with Crippen LogP contribution in [0.3, 0.4) is 0 Å². The molecule has 0 aliphatic carbocycles. The van der Waals surface area contributed by atoms with E-state index in [2.05, 4.69) is 30.6 Å². The number of aryl methyl sites for hydroxylation is 1. The highest BCUT2D eigenvalue weighted by molar-refractivity contribution is 7.17. The molecule has 0 fully saturated rings. The van der Waals surface area contributed by atoms with E-state index in [0.717, 1.165) is 21.3 Å². The van der Waals surface area contributed by atoms with Gasteiger partial charge in [0.05, 0.1) is 16.8 Å². The van der Waals surface area contributed by atoms with Crippen LogP contribution in [0.5, 0.6) is 0 Å². The molecule has 0 aliphatic heterocycles. The van der Waals surface area contributed by atoms with Gasteiger partial charge in [0.2, 0.25) is 0 Å². The Morgan fingerprint density at radius 1 is 1.21 bits per heavy atom. The molecule has 0 aromatic carbocycles. The third kappa shape index (κ3) is 2.48. The molecule has 3 aromatic heterocycles. The van der Waals surface area contributed by atoms with Crippen LogP contribution < -0.4 is 0 Å². The van der Waals surface area contributed by atoms with Gasteiger partial charge in [-0.3, -0.25) is 4.98 Å². The Morgan fingerprint density at radius 2 is 2.05 bits per heavy atom. The second-order valence-corrected chi connectivity index (χ2v) is 4.93. The Balaban J connectivity index is 1.85. The van der Waals surface area contributed by atoms with Crippen molar-refractivity contribution in [3.63, 3.8) is 0 Å². The molecule has 19 heavy (non-hydrogen) atoms. The normalized spacial score (nSPS) is 11.4. The lowest BCUT2D eigenvalue weighted by atomic mass is 10.3. The highest BCUT2D eigenvalue weighted by atomic mass is 32.1. The van der Waals surface area contributed by atoms with Crippen molar-refractivity contribution in [3.8, 4) is 0 Å². The average Bonchev–Trinajstić information content (AvgIpc) is 2.83. The van der Waals surface area contributed by atoms with Gasteiger partial charge in [0.1, 0.15) is 6.33 Å². The quantitative estimate of drug-likeness (QED) is 0.681. The summed E-state index contributed by atoms with van der Waals surface area (Å²) >= 11 is 1.60. The number of thiophene rings is 1. The number of azo groups is 1. The van der Waals surface area contributed by atoms with Crippen molar-refractivity contribution in [1.29, 1.82) is 0 Å². The van der Waals surface area contributed by atoms with Gasteiger partial charge < -0.3 is 0 Å². The first-order valence-corrected chi connectivity index (χ1v) is 6.68. The molecule has 0 spiro atoms. The molecule has 0 aliphatic rings. The van der Waals surface area contributed by atoms with E-state index in [-0.39, 0.29) is 0 Å². The summed E-state index contributed by atoms with van der Waals surface area (Å²) in [5, 5.41) is 10.4. The first kappa shape index (κ1) is 11.9. The van der Waals surface area contributed by atoms with E-state index in [9.17, 15) is 0 Å². The number of pyridine rings is 1. The van der Waals surface area contributed by atoms with E-state index in [1.165, 1.54) is 6.33 Å². The SMILES string of the molecule is Cc1csc2c(N=NCc3ccncc3)ncnc12. The Labute approximate surface area is 114 Å². The number of rotatable bonds is 3. The largest absolute Gasteiger partial charge is 0.265 e. The molecule has 3 heterocycles. The predicted octanol–water partition coefficient (Wildman–Crippen LogP) is 3.68. The van der Waals surface area contributed by atoms with Crippen molar-refractivity contribution < 1.29 is 0 Å². The molecular formula is C13H11N5S. The second kappa shape index (κ2) is 5.19. The molecule has 0 amide bonds. The average molecular weight is 269 g/mol. The van der Waals surface area contributed by atoms with E-state index in [0.29, 0.717) is 12.4 Å². The maximum absolute atomic E-state index is 4.26. The lowest BCUT2D eigenvalue weighted by Gasteiger charge is -1.95. The van der Waals surface area contributed by atoms with E-state index < -0.39 is 0 Å². The van der Waals surface area contributed by atoms with Gasteiger partial charge in [0, 0.05) is 12.4 Å². The zero-order valence-corrected chi connectivity index (χ0v) is 11.1. The molecule has 3 aromatic rings. The third-order valence-electron chi connectivity index (χ3n) is 2.68. The number of fused-ring (bicyclic) bond motifs is 1. The van der Waals surface area contributed by atoms with Crippen molar-refractivity contribution in [1.82, 2.24) is 15.0 Å². The third-order valence-corrected chi connectivity index (χ3v) is 3.76. The van der Waals surface area contributed by atoms with Gasteiger partial charge in [-0.05, 0) is 35.6 Å². The fraction of sp³-hybridized carbons (Fsp3) is 0.154. The van der Waals surface area contributed by atoms with Crippen LogP contribution >= 0.6 is 11.3 Å². The molecule has 6 heteroatoms. The van der Waals surface area contributed by atoms with Crippen LogP contribution in [-0.2, 0) is 6.54 Å². The summed E-state index contributed by atoms with van der Waals surface area (Å²) in [5.74, 6) is 0.636. The van der Waals surface area contributed by atoms with E-state index in [1.807, 2.05) is 19.1 Å². The van der Waals surface area contributed by atoms with E-state index in [1.54, 1.807) is 23.7 Å². The summed E-state index contributed by atoms with van der Waals surface area (Å²) in [7, 11) is 0. The van der Waals surface area contributed by atoms with Gasteiger partial charge in [0.15, 0.2) is 5.82 Å². The van der Waals surface area contributed by atoms with Crippen LogP contribution in [0.2, 0.25) is 0 Å². The molecule has 0 saturated heterocycles. The van der Waals surface area contributed by atoms with Gasteiger partial charge >= 0.3 is 0 Å². The molecule has 0 radical (unpaired) electrons. The second-order valence-electron chi connectivity index (χ2n) is 4.05. The minimum Gasteiger partial charge on any atom is -0.265 e. The lowest BCUT2D eigenvalue weighted by molar-refractivity contribution is 0.944. The Morgan fingerprint density at radius 3 is 2.89 bits per heavy atom. The van der Waals surface area contributed by atoms with E-state index >= 15 is 0 Å². The van der Waals surface area contributed by atoms with Crippen LogP contribution in [0.15, 0.2) is 46.5 Å². The van der Waals surface area contributed by atoms with Crippen LogP contribution in [0, 0.1) is 6.92 Å². The summed E-state index contributed by atoms with van der Waals surface area (Å²) in [5.41, 5.74) is 3.18. The van der Waals surface area contributed by atoms with Gasteiger partial charge in [-0.25, -0.2) is 9.97 Å². The first-order chi connectivity index (χ1) is 9.34. The number of nitrogens with zero attached hydrogens (tertiary/aromatic N) is 5. The summed E-state index contributed by atoms with van der Waals surface area (Å²) in [6.45, 7) is 2.56. The minimum absolute atomic E-state index is 0.526. The summed E-state index contributed by atoms with van der Waals surface area (Å²) in [4.78, 5) is 12.4. The predicted molar refractivity (Wildman–Crippen MR) is 74.6 cm³/mol. The molecule has 3 rings (SSSR count).